The number of hydrogen-bond donors (Lipinski definition) is 1. The third-order valence-electron chi connectivity index (χ3n) is 5.20. The van der Waals surface area contributed by atoms with Crippen molar-refractivity contribution in [3.63, 3.8) is 0 Å². The second-order valence-corrected chi connectivity index (χ2v) is 8.06. The van der Waals surface area contributed by atoms with Crippen molar-refractivity contribution in [1.29, 1.82) is 0 Å². The smallest absolute Gasteiger partial charge is 0.258 e. The Balaban J connectivity index is 1.56. The quantitative estimate of drug-likeness (QED) is 0.356. The van der Waals surface area contributed by atoms with Gasteiger partial charge in [-0.3, -0.25) is 10.1 Å². The SMILES string of the molecule is Cc1c(-c2ccccc2)nc2ccccc2c1C(=O)Nc1nc(-c2ccccc2)cs1. The van der Waals surface area contributed by atoms with Gasteiger partial charge in [-0.1, -0.05) is 78.9 Å². The number of aromatic nitrogens is 2. The van der Waals surface area contributed by atoms with Crippen molar-refractivity contribution < 1.29 is 4.79 Å². The van der Waals surface area contributed by atoms with Gasteiger partial charge in [0.1, 0.15) is 0 Å². The number of amides is 1. The average molecular weight is 422 g/mol. The number of hydrogen-bond acceptors (Lipinski definition) is 4. The van der Waals surface area contributed by atoms with E-state index in [0.717, 1.165) is 39.0 Å². The Bertz CT molecular complexity index is 1380. The van der Waals surface area contributed by atoms with Crippen LogP contribution in [0.4, 0.5) is 5.13 Å². The van der Waals surface area contributed by atoms with Gasteiger partial charge in [-0.15, -0.1) is 11.3 Å². The van der Waals surface area contributed by atoms with E-state index < -0.39 is 0 Å². The first-order chi connectivity index (χ1) is 15.2. The van der Waals surface area contributed by atoms with E-state index in [1.165, 1.54) is 11.3 Å². The number of nitrogens with one attached hydrogen (secondary N) is 1. The van der Waals surface area contributed by atoms with Crippen molar-refractivity contribution in [1.82, 2.24) is 9.97 Å². The van der Waals surface area contributed by atoms with E-state index in [2.05, 4.69) is 10.3 Å². The molecule has 5 aromatic rings. The van der Waals surface area contributed by atoms with Gasteiger partial charge in [-0.05, 0) is 18.6 Å². The molecule has 0 atom stereocenters. The van der Waals surface area contributed by atoms with E-state index >= 15 is 0 Å². The fourth-order valence-electron chi connectivity index (χ4n) is 3.71. The molecule has 0 aliphatic carbocycles. The maximum Gasteiger partial charge on any atom is 0.258 e. The molecule has 0 spiro atoms. The van der Waals surface area contributed by atoms with E-state index in [4.69, 9.17) is 4.98 Å². The summed E-state index contributed by atoms with van der Waals surface area (Å²) in [5.74, 6) is -0.178. The van der Waals surface area contributed by atoms with Crippen LogP contribution in [-0.4, -0.2) is 15.9 Å². The lowest BCUT2D eigenvalue weighted by molar-refractivity contribution is 0.102. The Kier molecular flexibility index (Phi) is 5.02. The summed E-state index contributed by atoms with van der Waals surface area (Å²) in [6, 6.07) is 27.6. The number of rotatable bonds is 4. The van der Waals surface area contributed by atoms with Crippen LogP contribution in [0.5, 0.6) is 0 Å². The van der Waals surface area contributed by atoms with Crippen LogP contribution in [0.3, 0.4) is 0 Å². The van der Waals surface area contributed by atoms with Crippen molar-refractivity contribution in [3.05, 3.63) is 101 Å². The summed E-state index contributed by atoms with van der Waals surface area (Å²) in [7, 11) is 0. The Morgan fingerprint density at radius 1 is 0.806 bits per heavy atom. The molecular formula is C26H19N3OS. The normalized spacial score (nSPS) is 10.9. The first-order valence-corrected chi connectivity index (χ1v) is 10.9. The maximum absolute atomic E-state index is 13.4. The van der Waals surface area contributed by atoms with E-state index in [1.807, 2.05) is 97.2 Å². The second kappa shape index (κ2) is 8.13. The van der Waals surface area contributed by atoms with Crippen LogP contribution in [-0.2, 0) is 0 Å². The lowest BCUT2D eigenvalue weighted by atomic mass is 9.97. The molecule has 5 rings (SSSR count). The van der Waals surface area contributed by atoms with Crippen LogP contribution in [0.15, 0.2) is 90.3 Å². The van der Waals surface area contributed by atoms with Gasteiger partial charge in [0.25, 0.3) is 5.91 Å². The number of benzene rings is 3. The molecule has 1 N–H and O–H groups in total. The number of nitrogens with zero attached hydrogens (tertiary/aromatic N) is 2. The molecule has 0 unspecified atom stereocenters. The third kappa shape index (κ3) is 3.71. The van der Waals surface area contributed by atoms with Gasteiger partial charge in [0.05, 0.1) is 22.5 Å². The molecule has 0 fully saturated rings. The topological polar surface area (TPSA) is 54.9 Å². The van der Waals surface area contributed by atoms with Gasteiger partial charge in [0.15, 0.2) is 5.13 Å². The summed E-state index contributed by atoms with van der Waals surface area (Å²) in [5.41, 5.74) is 5.94. The molecule has 0 bridgehead atoms. The first kappa shape index (κ1) is 19.2. The summed E-state index contributed by atoms with van der Waals surface area (Å²) >= 11 is 1.42. The Hall–Kier alpha value is -3.83. The fourth-order valence-corrected chi connectivity index (χ4v) is 4.42. The summed E-state index contributed by atoms with van der Waals surface area (Å²) in [5, 5.41) is 6.36. The van der Waals surface area contributed by atoms with E-state index in [1.54, 1.807) is 0 Å². The molecule has 0 radical (unpaired) electrons. The third-order valence-corrected chi connectivity index (χ3v) is 5.96. The highest BCUT2D eigenvalue weighted by atomic mass is 32.1. The van der Waals surface area contributed by atoms with Crippen molar-refractivity contribution in [2.24, 2.45) is 0 Å². The van der Waals surface area contributed by atoms with Crippen molar-refractivity contribution in [2.45, 2.75) is 6.92 Å². The van der Waals surface area contributed by atoms with Crippen LogP contribution < -0.4 is 5.32 Å². The maximum atomic E-state index is 13.4. The molecule has 0 saturated carbocycles. The molecule has 150 valence electrons. The second-order valence-electron chi connectivity index (χ2n) is 7.20. The molecule has 0 aliphatic rings. The summed E-state index contributed by atoms with van der Waals surface area (Å²) in [6.07, 6.45) is 0. The minimum Gasteiger partial charge on any atom is -0.298 e. The molecule has 2 aromatic heterocycles. The number of anilines is 1. The van der Waals surface area contributed by atoms with E-state index in [-0.39, 0.29) is 5.91 Å². The van der Waals surface area contributed by atoms with Gasteiger partial charge in [0.2, 0.25) is 0 Å². The number of carbonyl (C=O) groups excluding carboxylic acids is 1. The predicted octanol–water partition coefficient (Wildman–Crippen LogP) is 6.59. The number of para-hydroxylation sites is 1. The fraction of sp³-hybridized carbons (Fsp3) is 0.0385. The van der Waals surface area contributed by atoms with Gasteiger partial charge >= 0.3 is 0 Å². The summed E-state index contributed by atoms with van der Waals surface area (Å²) < 4.78 is 0. The largest absolute Gasteiger partial charge is 0.298 e. The summed E-state index contributed by atoms with van der Waals surface area (Å²) in [4.78, 5) is 22.9. The van der Waals surface area contributed by atoms with Crippen LogP contribution in [0.2, 0.25) is 0 Å². The van der Waals surface area contributed by atoms with Gasteiger partial charge in [-0.2, -0.15) is 0 Å². The lowest BCUT2D eigenvalue weighted by Gasteiger charge is -2.14. The zero-order valence-corrected chi connectivity index (χ0v) is 17.7. The van der Waals surface area contributed by atoms with Crippen LogP contribution in [0.25, 0.3) is 33.4 Å². The zero-order valence-electron chi connectivity index (χ0n) is 16.9. The molecule has 3 aromatic carbocycles. The first-order valence-electron chi connectivity index (χ1n) is 9.98. The van der Waals surface area contributed by atoms with Crippen molar-refractivity contribution in [2.75, 3.05) is 5.32 Å². The lowest BCUT2D eigenvalue weighted by Crippen LogP contribution is -2.15. The van der Waals surface area contributed by atoms with Crippen LogP contribution in [0.1, 0.15) is 15.9 Å². The predicted molar refractivity (Wildman–Crippen MR) is 127 cm³/mol. The van der Waals surface area contributed by atoms with Crippen molar-refractivity contribution in [3.8, 4) is 22.5 Å². The highest BCUT2D eigenvalue weighted by molar-refractivity contribution is 7.14. The van der Waals surface area contributed by atoms with E-state index in [9.17, 15) is 4.79 Å². The van der Waals surface area contributed by atoms with Gasteiger partial charge in [0, 0.05) is 21.9 Å². The molecule has 1 amide bonds. The highest BCUT2D eigenvalue weighted by Crippen LogP contribution is 2.31. The molecule has 31 heavy (non-hydrogen) atoms. The Morgan fingerprint density at radius 3 is 2.19 bits per heavy atom. The number of pyridine rings is 1. The zero-order chi connectivity index (χ0) is 21.2. The van der Waals surface area contributed by atoms with Gasteiger partial charge in [-0.25, -0.2) is 9.97 Å². The van der Waals surface area contributed by atoms with Crippen molar-refractivity contribution >= 4 is 33.3 Å². The summed E-state index contributed by atoms with van der Waals surface area (Å²) in [6.45, 7) is 1.95. The minimum absolute atomic E-state index is 0.178. The monoisotopic (exact) mass is 421 g/mol. The molecule has 0 saturated heterocycles. The van der Waals surface area contributed by atoms with Crippen LogP contribution in [0, 0.1) is 6.92 Å². The highest BCUT2D eigenvalue weighted by Gasteiger charge is 2.20. The number of carbonyl (C=O) groups is 1. The molecule has 5 heteroatoms. The number of fused-ring (bicyclic) bond motifs is 1. The van der Waals surface area contributed by atoms with Crippen LogP contribution >= 0.6 is 11.3 Å². The Labute approximate surface area is 184 Å². The van der Waals surface area contributed by atoms with Gasteiger partial charge < -0.3 is 0 Å². The molecule has 4 nitrogen and oxygen atoms in total. The standard InChI is InChI=1S/C26H19N3OS/c1-17-23(25(30)29-26-28-22(16-31-26)18-10-4-2-5-11-18)20-14-8-9-15-21(20)27-24(17)19-12-6-3-7-13-19/h2-16H,1H3,(H,28,29,30). The molecular weight excluding hydrogens is 402 g/mol. The molecule has 2 heterocycles. The average Bonchev–Trinajstić information content (AvgIpc) is 3.28. The molecule has 0 aliphatic heterocycles. The number of thiazole rings is 1. The minimum atomic E-state index is -0.178. The van der Waals surface area contributed by atoms with E-state index in [0.29, 0.717) is 10.7 Å². The Morgan fingerprint density at radius 2 is 1.45 bits per heavy atom.